The Balaban J connectivity index is 1.68. The van der Waals surface area contributed by atoms with E-state index < -0.39 is 22.8 Å². The zero-order chi connectivity index (χ0) is 21.2. The Labute approximate surface area is 172 Å². The molecule has 2 aromatic heterocycles. The molecule has 0 radical (unpaired) electrons. The fraction of sp³-hybridized carbons (Fsp3) is 0.304. The van der Waals surface area contributed by atoms with Crippen LogP contribution < -0.4 is 10.9 Å². The summed E-state index contributed by atoms with van der Waals surface area (Å²) >= 11 is 0. The molecule has 30 heavy (non-hydrogen) atoms. The molecule has 2 heterocycles. The summed E-state index contributed by atoms with van der Waals surface area (Å²) in [5.41, 5.74) is 3.68. The first-order chi connectivity index (χ1) is 14.3. The maximum atomic E-state index is 12.4. The molecule has 0 amide bonds. The van der Waals surface area contributed by atoms with Gasteiger partial charge in [-0.2, -0.15) is 0 Å². The van der Waals surface area contributed by atoms with Gasteiger partial charge < -0.3 is 25.1 Å². The third kappa shape index (κ3) is 2.77. The minimum atomic E-state index is -1.44. The van der Waals surface area contributed by atoms with Gasteiger partial charge in [0.05, 0.1) is 5.69 Å². The second-order valence-electron chi connectivity index (χ2n) is 8.51. The number of fused-ring (bicyclic) bond motifs is 5. The van der Waals surface area contributed by atoms with Gasteiger partial charge in [0, 0.05) is 46.9 Å². The van der Waals surface area contributed by atoms with Crippen LogP contribution in [-0.2, 0) is 20.0 Å². The minimum absolute atomic E-state index is 0.241. The Bertz CT molecular complexity index is 1310. The molecule has 3 aromatic rings. The molecule has 0 spiro atoms. The molecular formula is C23H23N3O4. The lowest BCUT2D eigenvalue weighted by Gasteiger charge is -2.13. The number of pyridine rings is 1. The van der Waals surface area contributed by atoms with Crippen LogP contribution in [0.3, 0.4) is 0 Å². The monoisotopic (exact) mass is 405 g/mol. The number of hydrogen-bond donors (Lipinski definition) is 4. The molecule has 0 atom stereocenters. The molecule has 7 nitrogen and oxygen atoms in total. The summed E-state index contributed by atoms with van der Waals surface area (Å²) in [5.74, 6) is -1.90. The highest BCUT2D eigenvalue weighted by Crippen LogP contribution is 2.39. The van der Waals surface area contributed by atoms with Crippen LogP contribution in [0.1, 0.15) is 46.9 Å². The summed E-state index contributed by atoms with van der Waals surface area (Å²) in [5, 5.41) is 24.5. The molecule has 154 valence electrons. The van der Waals surface area contributed by atoms with Crippen molar-refractivity contribution < 1.29 is 15.0 Å². The van der Waals surface area contributed by atoms with Crippen molar-refractivity contribution in [1.82, 2.24) is 14.9 Å². The number of nitrogens with zero attached hydrogens (tertiary/aromatic N) is 1. The molecule has 0 bridgehead atoms. The van der Waals surface area contributed by atoms with Crippen LogP contribution in [0, 0.1) is 0 Å². The predicted octanol–water partition coefficient (Wildman–Crippen LogP) is 3.15. The Kier molecular flexibility index (Phi) is 3.95. The first-order valence-corrected chi connectivity index (χ1v) is 10.0. The van der Waals surface area contributed by atoms with E-state index in [1.165, 1.54) is 18.5 Å². The molecule has 0 saturated heterocycles. The van der Waals surface area contributed by atoms with E-state index in [0.717, 1.165) is 28.6 Å². The second kappa shape index (κ2) is 6.34. The number of hydrogen-bond acceptors (Lipinski definition) is 4. The fourth-order valence-electron chi connectivity index (χ4n) is 4.27. The number of H-pyrrole nitrogens is 1. The third-order valence-corrected chi connectivity index (χ3v) is 6.44. The summed E-state index contributed by atoms with van der Waals surface area (Å²) in [4.78, 5) is 26.5. The molecule has 2 aliphatic carbocycles. The average molecular weight is 405 g/mol. The topological polar surface area (TPSA) is 107 Å². The van der Waals surface area contributed by atoms with Gasteiger partial charge in [-0.05, 0) is 43.9 Å². The van der Waals surface area contributed by atoms with Crippen molar-refractivity contribution in [3.8, 4) is 17.0 Å². The standard InChI is InChI=1S/C23H23N3O4/c1-23(8-9-23)24-11-12-10-16-13-4-3-5-15-19(14(13)6-7-17(16)26(12)2)25-21(28)18(20(15)27)22(29)30/h3-4,6-7,10,24H,5,8-9,11H2,1-2H3,(H,29,30)(H2,25,27,28). The number of aromatic hydroxyl groups is 1. The van der Waals surface area contributed by atoms with Crippen molar-refractivity contribution in [2.75, 3.05) is 0 Å². The van der Waals surface area contributed by atoms with E-state index in [1.807, 2.05) is 31.3 Å². The van der Waals surface area contributed by atoms with Crippen LogP contribution in [0.5, 0.6) is 5.75 Å². The minimum Gasteiger partial charge on any atom is -0.506 e. The van der Waals surface area contributed by atoms with E-state index in [0.29, 0.717) is 17.7 Å². The number of aryl methyl sites for hydroxylation is 1. The number of aromatic carboxylic acids is 1. The second-order valence-corrected chi connectivity index (χ2v) is 8.51. The van der Waals surface area contributed by atoms with Crippen molar-refractivity contribution >= 4 is 22.9 Å². The van der Waals surface area contributed by atoms with Crippen LogP contribution >= 0.6 is 0 Å². The summed E-state index contributed by atoms with van der Waals surface area (Å²) in [7, 11) is 2.04. The van der Waals surface area contributed by atoms with Crippen LogP contribution in [-0.4, -0.2) is 31.3 Å². The normalized spacial score (nSPS) is 16.2. The van der Waals surface area contributed by atoms with Gasteiger partial charge >= 0.3 is 5.97 Å². The quantitative estimate of drug-likeness (QED) is 0.533. The smallest absolute Gasteiger partial charge is 0.345 e. The lowest BCUT2D eigenvalue weighted by Crippen LogP contribution is -2.27. The zero-order valence-electron chi connectivity index (χ0n) is 16.9. The Hall–Kier alpha value is -3.32. The van der Waals surface area contributed by atoms with E-state index in [2.05, 4.69) is 27.9 Å². The summed E-state index contributed by atoms with van der Waals surface area (Å²) in [6.45, 7) is 3.01. The summed E-state index contributed by atoms with van der Waals surface area (Å²) < 4.78 is 2.17. The van der Waals surface area contributed by atoms with Crippen LogP contribution in [0.25, 0.3) is 28.2 Å². The molecule has 0 unspecified atom stereocenters. The molecular weight excluding hydrogens is 382 g/mol. The van der Waals surface area contributed by atoms with Crippen molar-refractivity contribution in [1.29, 1.82) is 0 Å². The first kappa shape index (κ1) is 18.7. The van der Waals surface area contributed by atoms with Crippen molar-refractivity contribution in [3.05, 3.63) is 57.0 Å². The highest BCUT2D eigenvalue weighted by molar-refractivity contribution is 5.99. The van der Waals surface area contributed by atoms with E-state index in [-0.39, 0.29) is 5.54 Å². The summed E-state index contributed by atoms with van der Waals surface area (Å²) in [6.07, 6.45) is 6.59. The highest BCUT2D eigenvalue weighted by atomic mass is 16.4. The molecule has 1 aromatic carbocycles. The number of nitrogens with one attached hydrogen (secondary N) is 2. The van der Waals surface area contributed by atoms with Gasteiger partial charge in [-0.3, -0.25) is 4.79 Å². The van der Waals surface area contributed by atoms with E-state index in [1.54, 1.807) is 0 Å². The molecule has 2 aliphatic rings. The van der Waals surface area contributed by atoms with E-state index in [4.69, 9.17) is 0 Å². The van der Waals surface area contributed by atoms with Gasteiger partial charge in [-0.25, -0.2) is 4.79 Å². The lowest BCUT2D eigenvalue weighted by molar-refractivity contribution is 0.0691. The van der Waals surface area contributed by atoms with Gasteiger partial charge in [0.25, 0.3) is 5.56 Å². The Morgan fingerprint density at radius 1 is 1.33 bits per heavy atom. The highest BCUT2D eigenvalue weighted by Gasteiger charge is 2.36. The number of carbonyl (C=O) groups is 1. The van der Waals surface area contributed by atoms with Crippen LogP contribution in [0.4, 0.5) is 0 Å². The number of carboxylic acid groups (broad SMARTS) is 1. The Morgan fingerprint density at radius 3 is 2.80 bits per heavy atom. The van der Waals surface area contributed by atoms with Crippen LogP contribution in [0.2, 0.25) is 0 Å². The third-order valence-electron chi connectivity index (χ3n) is 6.44. The van der Waals surface area contributed by atoms with E-state index in [9.17, 15) is 19.8 Å². The molecule has 0 aliphatic heterocycles. The molecule has 1 saturated carbocycles. The van der Waals surface area contributed by atoms with Gasteiger partial charge in [-0.15, -0.1) is 0 Å². The van der Waals surface area contributed by atoms with Crippen molar-refractivity contribution in [2.24, 2.45) is 7.05 Å². The Morgan fingerprint density at radius 2 is 2.10 bits per heavy atom. The number of aromatic amines is 1. The maximum Gasteiger partial charge on any atom is 0.345 e. The van der Waals surface area contributed by atoms with Crippen LogP contribution in [0.15, 0.2) is 29.1 Å². The fourth-order valence-corrected chi connectivity index (χ4v) is 4.27. The number of aromatic nitrogens is 2. The van der Waals surface area contributed by atoms with Gasteiger partial charge in [0.1, 0.15) is 5.75 Å². The lowest BCUT2D eigenvalue weighted by atomic mass is 9.97. The number of allylic oxidation sites excluding steroid dienone is 1. The van der Waals surface area contributed by atoms with Gasteiger partial charge in [0.15, 0.2) is 5.56 Å². The maximum absolute atomic E-state index is 12.4. The predicted molar refractivity (Wildman–Crippen MR) is 115 cm³/mol. The largest absolute Gasteiger partial charge is 0.506 e. The number of rotatable bonds is 4. The van der Waals surface area contributed by atoms with Crippen molar-refractivity contribution in [3.63, 3.8) is 0 Å². The molecule has 5 rings (SSSR count). The SMILES string of the molecule is Cn1c(CNC2(C)CC2)cc2c3c(ccc21)-c1[nH]c(=O)c(C(=O)O)c(O)c1CC=C3. The number of benzene rings is 1. The molecule has 1 fully saturated rings. The van der Waals surface area contributed by atoms with E-state index >= 15 is 0 Å². The van der Waals surface area contributed by atoms with Crippen molar-refractivity contribution in [2.45, 2.75) is 38.3 Å². The zero-order valence-corrected chi connectivity index (χ0v) is 16.9. The number of carboxylic acids is 1. The molecule has 7 heteroatoms. The van der Waals surface area contributed by atoms with Gasteiger partial charge in [0.2, 0.25) is 0 Å². The average Bonchev–Trinajstić information content (AvgIpc) is 3.38. The first-order valence-electron chi connectivity index (χ1n) is 10.0. The summed E-state index contributed by atoms with van der Waals surface area (Å²) in [6, 6.07) is 6.08. The molecule has 4 N–H and O–H groups in total. The van der Waals surface area contributed by atoms with Gasteiger partial charge in [-0.1, -0.05) is 18.2 Å².